The van der Waals surface area contributed by atoms with Crippen molar-refractivity contribution in [3.63, 3.8) is 0 Å². The molecule has 0 bridgehead atoms. The lowest BCUT2D eigenvalue weighted by atomic mass is 10.2. The predicted molar refractivity (Wildman–Crippen MR) is 57.1 cm³/mol. The first kappa shape index (κ1) is 10.2. The van der Waals surface area contributed by atoms with Crippen molar-refractivity contribution < 1.29 is 4.74 Å². The SMILES string of the molecule is C[C@@H]1CN(c2ncc[nH]c2=O)C[C@H](C)O1. The predicted octanol–water partition coefficient (Wildman–Crippen LogP) is 0.383. The summed E-state index contributed by atoms with van der Waals surface area (Å²) in [6, 6.07) is 0. The van der Waals surface area contributed by atoms with E-state index in [9.17, 15) is 4.79 Å². The summed E-state index contributed by atoms with van der Waals surface area (Å²) in [6.07, 6.45) is 3.41. The fourth-order valence-corrected chi connectivity index (χ4v) is 1.92. The molecule has 1 aromatic rings. The van der Waals surface area contributed by atoms with E-state index < -0.39 is 0 Å². The normalized spacial score (nSPS) is 26.7. The third-order valence-corrected chi connectivity index (χ3v) is 2.41. The van der Waals surface area contributed by atoms with Gasteiger partial charge < -0.3 is 14.6 Å². The zero-order valence-corrected chi connectivity index (χ0v) is 8.93. The van der Waals surface area contributed by atoms with E-state index in [-0.39, 0.29) is 17.8 Å². The van der Waals surface area contributed by atoms with Gasteiger partial charge in [0.2, 0.25) is 0 Å². The molecule has 0 aromatic carbocycles. The Morgan fingerprint density at radius 1 is 1.47 bits per heavy atom. The van der Waals surface area contributed by atoms with Crippen LogP contribution >= 0.6 is 0 Å². The number of hydrogen-bond donors (Lipinski definition) is 1. The Morgan fingerprint density at radius 2 is 2.13 bits per heavy atom. The van der Waals surface area contributed by atoms with E-state index in [0.717, 1.165) is 0 Å². The van der Waals surface area contributed by atoms with Crippen molar-refractivity contribution in [1.29, 1.82) is 0 Å². The summed E-state index contributed by atoms with van der Waals surface area (Å²) in [5.41, 5.74) is -0.140. The molecule has 0 spiro atoms. The number of hydrogen-bond acceptors (Lipinski definition) is 4. The first-order valence-electron chi connectivity index (χ1n) is 5.11. The fraction of sp³-hybridized carbons (Fsp3) is 0.600. The van der Waals surface area contributed by atoms with Crippen molar-refractivity contribution in [3.05, 3.63) is 22.7 Å². The summed E-state index contributed by atoms with van der Waals surface area (Å²) in [5, 5.41) is 0. The van der Waals surface area contributed by atoms with E-state index in [0.29, 0.717) is 18.9 Å². The Morgan fingerprint density at radius 3 is 2.73 bits per heavy atom. The highest BCUT2D eigenvalue weighted by Crippen LogP contribution is 2.14. The van der Waals surface area contributed by atoms with E-state index >= 15 is 0 Å². The minimum Gasteiger partial charge on any atom is -0.372 e. The zero-order chi connectivity index (χ0) is 10.8. The summed E-state index contributed by atoms with van der Waals surface area (Å²) < 4.78 is 5.60. The van der Waals surface area contributed by atoms with Crippen molar-refractivity contribution >= 4 is 5.82 Å². The summed E-state index contributed by atoms with van der Waals surface area (Å²) >= 11 is 0. The van der Waals surface area contributed by atoms with Gasteiger partial charge in [-0.05, 0) is 13.8 Å². The van der Waals surface area contributed by atoms with Gasteiger partial charge in [0.25, 0.3) is 5.56 Å². The molecule has 15 heavy (non-hydrogen) atoms. The Kier molecular flexibility index (Phi) is 2.73. The maximum absolute atomic E-state index is 11.5. The van der Waals surface area contributed by atoms with Crippen LogP contribution in [0.1, 0.15) is 13.8 Å². The maximum Gasteiger partial charge on any atom is 0.290 e. The van der Waals surface area contributed by atoms with Crippen LogP contribution in [-0.2, 0) is 4.74 Å². The van der Waals surface area contributed by atoms with Gasteiger partial charge in [-0.15, -0.1) is 0 Å². The van der Waals surface area contributed by atoms with E-state index in [1.54, 1.807) is 12.4 Å². The van der Waals surface area contributed by atoms with Crippen LogP contribution in [0.15, 0.2) is 17.2 Å². The molecule has 1 N–H and O–H groups in total. The molecular weight excluding hydrogens is 194 g/mol. The van der Waals surface area contributed by atoms with E-state index in [1.807, 2.05) is 18.7 Å². The summed E-state index contributed by atoms with van der Waals surface area (Å²) in [5.74, 6) is 0.486. The molecule has 82 valence electrons. The number of aromatic nitrogens is 2. The number of nitrogens with zero attached hydrogens (tertiary/aromatic N) is 2. The Balaban J connectivity index is 2.24. The molecule has 0 saturated carbocycles. The lowest BCUT2D eigenvalue weighted by Crippen LogP contribution is -2.47. The van der Waals surface area contributed by atoms with E-state index in [2.05, 4.69) is 9.97 Å². The van der Waals surface area contributed by atoms with Crippen LogP contribution < -0.4 is 10.5 Å². The fourth-order valence-electron chi connectivity index (χ4n) is 1.92. The van der Waals surface area contributed by atoms with Crippen molar-refractivity contribution in [2.24, 2.45) is 0 Å². The number of ether oxygens (including phenoxy) is 1. The summed E-state index contributed by atoms with van der Waals surface area (Å²) in [4.78, 5) is 20.2. The first-order chi connectivity index (χ1) is 7.16. The number of H-pyrrole nitrogens is 1. The smallest absolute Gasteiger partial charge is 0.290 e. The average molecular weight is 209 g/mol. The van der Waals surface area contributed by atoms with Crippen molar-refractivity contribution in [3.8, 4) is 0 Å². The second kappa shape index (κ2) is 4.02. The van der Waals surface area contributed by atoms with Crippen LogP contribution in [0.4, 0.5) is 5.82 Å². The van der Waals surface area contributed by atoms with Crippen LogP contribution in [0, 0.1) is 0 Å². The van der Waals surface area contributed by atoms with Gasteiger partial charge in [-0.3, -0.25) is 4.79 Å². The van der Waals surface area contributed by atoms with Gasteiger partial charge in [0, 0.05) is 25.5 Å². The third-order valence-electron chi connectivity index (χ3n) is 2.41. The highest BCUT2D eigenvalue weighted by molar-refractivity contribution is 5.36. The lowest BCUT2D eigenvalue weighted by molar-refractivity contribution is -0.00554. The lowest BCUT2D eigenvalue weighted by Gasteiger charge is -2.35. The minimum absolute atomic E-state index is 0.134. The molecule has 5 heteroatoms. The van der Waals surface area contributed by atoms with Gasteiger partial charge in [0.05, 0.1) is 12.2 Å². The molecule has 1 aliphatic heterocycles. The van der Waals surface area contributed by atoms with Crippen molar-refractivity contribution in [1.82, 2.24) is 9.97 Å². The second-order valence-corrected chi connectivity index (χ2v) is 3.90. The Bertz CT molecular complexity index is 380. The monoisotopic (exact) mass is 209 g/mol. The zero-order valence-electron chi connectivity index (χ0n) is 8.93. The molecule has 2 rings (SSSR count). The standard InChI is InChI=1S/C10H15N3O2/c1-7-5-13(6-8(2)15-7)9-10(14)12-4-3-11-9/h3-4,7-8H,5-6H2,1-2H3,(H,12,14)/t7-,8+. The Hall–Kier alpha value is -1.36. The topological polar surface area (TPSA) is 58.2 Å². The largest absolute Gasteiger partial charge is 0.372 e. The molecule has 1 aliphatic rings. The minimum atomic E-state index is -0.140. The van der Waals surface area contributed by atoms with Crippen molar-refractivity contribution in [2.75, 3.05) is 18.0 Å². The molecule has 2 atom stereocenters. The third kappa shape index (κ3) is 2.18. The van der Waals surface area contributed by atoms with Gasteiger partial charge in [-0.2, -0.15) is 0 Å². The molecule has 1 fully saturated rings. The number of anilines is 1. The highest BCUT2D eigenvalue weighted by Gasteiger charge is 2.24. The van der Waals surface area contributed by atoms with Crippen LogP contribution in [0.25, 0.3) is 0 Å². The summed E-state index contributed by atoms with van der Waals surface area (Å²) in [6.45, 7) is 5.43. The second-order valence-electron chi connectivity index (χ2n) is 3.90. The quantitative estimate of drug-likeness (QED) is 0.726. The van der Waals surface area contributed by atoms with Crippen LogP contribution in [0.5, 0.6) is 0 Å². The van der Waals surface area contributed by atoms with Gasteiger partial charge >= 0.3 is 0 Å². The summed E-state index contributed by atoms with van der Waals surface area (Å²) in [7, 11) is 0. The molecule has 1 saturated heterocycles. The number of morpholine rings is 1. The molecule has 2 heterocycles. The van der Waals surface area contributed by atoms with Gasteiger partial charge in [-0.25, -0.2) is 4.98 Å². The molecule has 0 unspecified atom stereocenters. The first-order valence-corrected chi connectivity index (χ1v) is 5.11. The van der Waals surface area contributed by atoms with Gasteiger partial charge in [0.1, 0.15) is 0 Å². The highest BCUT2D eigenvalue weighted by atomic mass is 16.5. The van der Waals surface area contributed by atoms with Crippen LogP contribution in [-0.4, -0.2) is 35.3 Å². The number of rotatable bonds is 1. The molecule has 0 radical (unpaired) electrons. The average Bonchev–Trinajstić information content (AvgIpc) is 2.16. The molecule has 0 amide bonds. The van der Waals surface area contributed by atoms with Crippen LogP contribution in [0.2, 0.25) is 0 Å². The molecule has 0 aliphatic carbocycles. The maximum atomic E-state index is 11.5. The number of nitrogens with one attached hydrogen (secondary N) is 1. The van der Waals surface area contributed by atoms with E-state index in [1.165, 1.54) is 0 Å². The molecule has 1 aromatic heterocycles. The Labute approximate surface area is 88.1 Å². The van der Waals surface area contributed by atoms with Crippen LogP contribution in [0.3, 0.4) is 0 Å². The molecule has 5 nitrogen and oxygen atoms in total. The number of aromatic amines is 1. The molecular formula is C10H15N3O2. The van der Waals surface area contributed by atoms with Gasteiger partial charge in [-0.1, -0.05) is 0 Å². The van der Waals surface area contributed by atoms with Gasteiger partial charge in [0.15, 0.2) is 5.82 Å². The van der Waals surface area contributed by atoms with Crippen molar-refractivity contribution in [2.45, 2.75) is 26.1 Å². The van der Waals surface area contributed by atoms with E-state index in [4.69, 9.17) is 4.74 Å².